The number of piperidine rings is 1. The number of benzene rings is 1. The highest BCUT2D eigenvalue weighted by Crippen LogP contribution is 2.27. The Morgan fingerprint density at radius 2 is 2.04 bits per heavy atom. The van der Waals surface area contributed by atoms with E-state index in [4.69, 9.17) is 0 Å². The minimum absolute atomic E-state index is 0.345. The van der Waals surface area contributed by atoms with Crippen LogP contribution in [0.15, 0.2) is 53.7 Å². The van der Waals surface area contributed by atoms with Gasteiger partial charge in [-0.15, -0.1) is 0 Å². The van der Waals surface area contributed by atoms with Crippen LogP contribution in [0.4, 0.5) is 0 Å². The van der Waals surface area contributed by atoms with Gasteiger partial charge in [-0.25, -0.2) is 13.4 Å². The molecule has 0 bridgehead atoms. The molecule has 26 heavy (non-hydrogen) atoms. The first kappa shape index (κ1) is 17.2. The van der Waals surface area contributed by atoms with Gasteiger partial charge in [0.25, 0.3) is 0 Å². The summed E-state index contributed by atoms with van der Waals surface area (Å²) in [5.74, 6) is 0.406. The van der Waals surface area contributed by atoms with Crippen molar-refractivity contribution in [3.05, 3.63) is 54.4 Å². The summed E-state index contributed by atoms with van der Waals surface area (Å²) in [5.41, 5.74) is 3.60. The first-order chi connectivity index (χ1) is 12.4. The summed E-state index contributed by atoms with van der Waals surface area (Å²) in [6.45, 7) is 5.34. The fourth-order valence-corrected chi connectivity index (χ4v) is 5.20. The summed E-state index contributed by atoms with van der Waals surface area (Å²) in [5, 5.41) is 0. The average molecular weight is 369 g/mol. The molecule has 0 aliphatic carbocycles. The van der Waals surface area contributed by atoms with Gasteiger partial charge in [0.05, 0.1) is 10.6 Å². The van der Waals surface area contributed by atoms with Gasteiger partial charge in [-0.1, -0.05) is 19.1 Å². The van der Waals surface area contributed by atoms with Crippen molar-refractivity contribution >= 4 is 15.7 Å². The summed E-state index contributed by atoms with van der Waals surface area (Å²) < 4.78 is 29.6. The van der Waals surface area contributed by atoms with Gasteiger partial charge in [0, 0.05) is 31.0 Å². The summed E-state index contributed by atoms with van der Waals surface area (Å²) in [6.07, 6.45) is 5.92. The minimum atomic E-state index is -3.46. The van der Waals surface area contributed by atoms with E-state index in [1.165, 1.54) is 0 Å². The zero-order valence-corrected chi connectivity index (χ0v) is 15.9. The normalized spacial score (nSPS) is 19.1. The number of nitrogens with zero attached hydrogens (tertiary/aromatic N) is 3. The van der Waals surface area contributed by atoms with E-state index in [0.717, 1.165) is 35.3 Å². The first-order valence-electron chi connectivity index (χ1n) is 8.99. The molecule has 0 radical (unpaired) electrons. The Hall–Kier alpha value is -2.18. The fourth-order valence-electron chi connectivity index (χ4n) is 3.55. The first-order valence-corrected chi connectivity index (χ1v) is 10.4. The molecule has 4 rings (SSSR count). The molecule has 1 aromatic carbocycles. The summed E-state index contributed by atoms with van der Waals surface area (Å²) in [4.78, 5) is 4.99. The van der Waals surface area contributed by atoms with E-state index in [-0.39, 0.29) is 0 Å². The molecule has 1 aliphatic rings. The third kappa shape index (κ3) is 3.15. The molecule has 1 aliphatic heterocycles. The lowest BCUT2D eigenvalue weighted by Gasteiger charge is -2.30. The molecule has 3 aromatic rings. The number of hydrogen-bond donors (Lipinski definition) is 0. The SMILES string of the molecule is Cc1ccn2cc(-c3cccc(S(=O)(=O)N4CCCC(C)C4)c3)nc2c1. The molecule has 0 N–H and O–H groups in total. The fraction of sp³-hybridized carbons (Fsp3) is 0.350. The molecule has 2 aromatic heterocycles. The number of fused-ring (bicyclic) bond motifs is 1. The smallest absolute Gasteiger partial charge is 0.243 e. The lowest BCUT2D eigenvalue weighted by molar-refractivity contribution is 0.281. The number of pyridine rings is 1. The van der Waals surface area contributed by atoms with E-state index >= 15 is 0 Å². The standard InChI is InChI=1S/C20H23N3O2S/c1-15-8-10-22-14-19(21-20(22)11-15)17-6-3-7-18(12-17)26(24,25)23-9-4-5-16(2)13-23/h3,6-8,10-12,14,16H,4-5,9,13H2,1-2H3. The zero-order valence-electron chi connectivity index (χ0n) is 15.1. The Balaban J connectivity index is 1.71. The van der Waals surface area contributed by atoms with Crippen LogP contribution in [-0.4, -0.2) is 35.2 Å². The second-order valence-corrected chi connectivity index (χ2v) is 9.17. The van der Waals surface area contributed by atoms with Gasteiger partial charge < -0.3 is 4.40 Å². The number of sulfonamides is 1. The Morgan fingerprint density at radius 3 is 2.85 bits per heavy atom. The Labute approximate surface area is 154 Å². The topological polar surface area (TPSA) is 54.7 Å². The quantitative estimate of drug-likeness (QED) is 0.707. The Morgan fingerprint density at radius 1 is 1.19 bits per heavy atom. The molecule has 3 heterocycles. The molecule has 1 fully saturated rings. The van der Waals surface area contributed by atoms with Crippen molar-refractivity contribution in [1.82, 2.24) is 13.7 Å². The van der Waals surface area contributed by atoms with E-state index < -0.39 is 10.0 Å². The molecule has 1 saturated heterocycles. The van der Waals surface area contributed by atoms with Crippen molar-refractivity contribution in [2.75, 3.05) is 13.1 Å². The minimum Gasteiger partial charge on any atom is -0.306 e. The van der Waals surface area contributed by atoms with Crippen molar-refractivity contribution in [1.29, 1.82) is 0 Å². The Kier molecular flexibility index (Phi) is 4.32. The van der Waals surface area contributed by atoms with Gasteiger partial charge >= 0.3 is 0 Å². The Bertz CT molecular complexity index is 1060. The second kappa shape index (κ2) is 6.52. The molecule has 0 saturated carbocycles. The highest BCUT2D eigenvalue weighted by Gasteiger charge is 2.28. The molecule has 1 unspecified atom stereocenters. The highest BCUT2D eigenvalue weighted by molar-refractivity contribution is 7.89. The van der Waals surface area contributed by atoms with Crippen LogP contribution >= 0.6 is 0 Å². The molecule has 1 atom stereocenters. The van der Waals surface area contributed by atoms with Crippen LogP contribution in [0.3, 0.4) is 0 Å². The van der Waals surface area contributed by atoms with Crippen LogP contribution in [0.5, 0.6) is 0 Å². The molecule has 0 amide bonds. The highest BCUT2D eigenvalue weighted by atomic mass is 32.2. The van der Waals surface area contributed by atoms with Gasteiger partial charge in [-0.2, -0.15) is 4.31 Å². The number of rotatable bonds is 3. The maximum atomic E-state index is 13.0. The predicted molar refractivity (Wildman–Crippen MR) is 103 cm³/mol. The number of aromatic nitrogens is 2. The van der Waals surface area contributed by atoms with E-state index in [0.29, 0.717) is 23.9 Å². The number of imidazole rings is 1. The third-order valence-electron chi connectivity index (χ3n) is 5.00. The van der Waals surface area contributed by atoms with E-state index in [1.54, 1.807) is 22.5 Å². The van der Waals surface area contributed by atoms with Gasteiger partial charge in [-0.05, 0) is 55.5 Å². The zero-order chi connectivity index (χ0) is 18.3. The number of hydrogen-bond acceptors (Lipinski definition) is 3. The molecule has 0 spiro atoms. The van der Waals surface area contributed by atoms with Crippen molar-refractivity contribution in [3.63, 3.8) is 0 Å². The third-order valence-corrected chi connectivity index (χ3v) is 6.86. The van der Waals surface area contributed by atoms with Gasteiger partial charge in [-0.3, -0.25) is 0 Å². The summed E-state index contributed by atoms with van der Waals surface area (Å²) >= 11 is 0. The van der Waals surface area contributed by atoms with Crippen molar-refractivity contribution < 1.29 is 8.42 Å². The summed E-state index contributed by atoms with van der Waals surface area (Å²) in [6, 6.07) is 11.2. The van der Waals surface area contributed by atoms with E-state index in [2.05, 4.69) is 11.9 Å². The van der Waals surface area contributed by atoms with E-state index in [9.17, 15) is 8.42 Å². The maximum absolute atomic E-state index is 13.0. The van der Waals surface area contributed by atoms with Crippen LogP contribution in [0.2, 0.25) is 0 Å². The maximum Gasteiger partial charge on any atom is 0.243 e. The molecule has 6 heteroatoms. The van der Waals surface area contributed by atoms with Crippen LogP contribution in [0.25, 0.3) is 16.9 Å². The molecule has 136 valence electrons. The van der Waals surface area contributed by atoms with Crippen LogP contribution in [0, 0.1) is 12.8 Å². The molecule has 5 nitrogen and oxygen atoms in total. The van der Waals surface area contributed by atoms with Gasteiger partial charge in [0.1, 0.15) is 5.65 Å². The molecular formula is C20H23N3O2S. The van der Waals surface area contributed by atoms with E-state index in [1.807, 2.05) is 41.9 Å². The largest absolute Gasteiger partial charge is 0.306 e. The average Bonchev–Trinajstić information content (AvgIpc) is 3.05. The van der Waals surface area contributed by atoms with Crippen LogP contribution < -0.4 is 0 Å². The van der Waals surface area contributed by atoms with Crippen molar-refractivity contribution in [2.24, 2.45) is 5.92 Å². The molecular weight excluding hydrogens is 346 g/mol. The summed E-state index contributed by atoms with van der Waals surface area (Å²) in [7, 11) is -3.46. The van der Waals surface area contributed by atoms with Gasteiger partial charge in [0.2, 0.25) is 10.0 Å². The lowest BCUT2D eigenvalue weighted by atomic mass is 10.0. The monoisotopic (exact) mass is 369 g/mol. The van der Waals surface area contributed by atoms with Crippen molar-refractivity contribution in [3.8, 4) is 11.3 Å². The number of aryl methyl sites for hydroxylation is 1. The van der Waals surface area contributed by atoms with Crippen LogP contribution in [-0.2, 0) is 10.0 Å². The van der Waals surface area contributed by atoms with Crippen molar-refractivity contribution in [2.45, 2.75) is 31.6 Å². The lowest BCUT2D eigenvalue weighted by Crippen LogP contribution is -2.39. The van der Waals surface area contributed by atoms with Crippen LogP contribution in [0.1, 0.15) is 25.3 Å². The van der Waals surface area contributed by atoms with Gasteiger partial charge in [0.15, 0.2) is 0 Å². The second-order valence-electron chi connectivity index (χ2n) is 7.23. The predicted octanol–water partition coefficient (Wildman–Crippen LogP) is 3.73.